The van der Waals surface area contributed by atoms with Crippen molar-refractivity contribution in [1.82, 2.24) is 94.7 Å². The molecule has 10 aromatic heterocycles. The van der Waals surface area contributed by atoms with Crippen molar-refractivity contribution in [3.05, 3.63) is 267 Å². The van der Waals surface area contributed by atoms with Crippen molar-refractivity contribution in [2.75, 3.05) is 33.3 Å². The van der Waals surface area contributed by atoms with Crippen LogP contribution in [-0.4, -0.2) is 147 Å². The van der Waals surface area contributed by atoms with Crippen LogP contribution in [0.2, 0.25) is 5.02 Å². The number of nitrogens with zero attached hydrogens (tertiary/aromatic N) is 11. The highest BCUT2D eigenvalue weighted by Gasteiger charge is 2.24. The zero-order chi connectivity index (χ0) is 93.0. The zero-order valence-corrected chi connectivity index (χ0v) is 79.1. The average Bonchev–Trinajstić information content (AvgIpc) is 1.71. The summed E-state index contributed by atoms with van der Waals surface area (Å²) in [6.07, 6.45) is 4.59. The minimum absolute atomic E-state index is 0.0517. The van der Waals surface area contributed by atoms with Gasteiger partial charge in [0, 0.05) is 178 Å². The van der Waals surface area contributed by atoms with E-state index in [1.54, 1.807) is 41.0 Å². The number of H-pyrrole nitrogens is 5. The third-order valence-corrected chi connectivity index (χ3v) is 25.1. The van der Waals surface area contributed by atoms with Gasteiger partial charge in [-0.15, -0.1) is 0 Å². The number of fused-ring (bicyclic) bond motifs is 15. The molecule has 3 amide bonds. The van der Waals surface area contributed by atoms with Crippen LogP contribution in [0.1, 0.15) is 115 Å². The van der Waals surface area contributed by atoms with Crippen LogP contribution in [0, 0.1) is 48.5 Å². The molecule has 17 aromatic rings. The van der Waals surface area contributed by atoms with Crippen LogP contribution in [-0.2, 0) is 74.5 Å². The molecular weight excluding hydrogens is 1890 g/mol. The van der Waals surface area contributed by atoms with Gasteiger partial charge in [0.25, 0.3) is 27.8 Å². The molecule has 131 heavy (non-hydrogen) atoms. The third kappa shape index (κ3) is 21.4. The van der Waals surface area contributed by atoms with E-state index >= 15 is 0 Å². The number of ether oxygens (including phenoxy) is 1. The second-order valence-electron chi connectivity index (χ2n) is 32.5. The smallest absolute Gasteiger partial charge is 0.305 e. The van der Waals surface area contributed by atoms with Crippen molar-refractivity contribution >= 4 is 198 Å². The summed E-state index contributed by atoms with van der Waals surface area (Å²) in [6, 6.07) is 46.4. The molecule has 9 N–H and O–H groups in total. The first-order valence-electron chi connectivity index (χ1n) is 43.1. The van der Waals surface area contributed by atoms with Crippen molar-refractivity contribution < 1.29 is 33.8 Å². The fourth-order valence-electron chi connectivity index (χ4n) is 16.5. The Morgan fingerprint density at radius 2 is 0.733 bits per heavy atom. The van der Waals surface area contributed by atoms with Gasteiger partial charge in [-0.1, -0.05) is 137 Å². The van der Waals surface area contributed by atoms with Gasteiger partial charge in [-0.05, 0) is 171 Å². The summed E-state index contributed by atoms with van der Waals surface area (Å²) < 4.78 is 16.0. The lowest BCUT2D eigenvalue weighted by Crippen LogP contribution is -2.46. The molecule has 0 spiro atoms. The van der Waals surface area contributed by atoms with Crippen LogP contribution < -0.4 is 43.7 Å². The summed E-state index contributed by atoms with van der Waals surface area (Å²) >= 11 is 16.6. The fourth-order valence-corrected chi connectivity index (χ4v) is 17.7. The molecule has 0 aliphatic carbocycles. The summed E-state index contributed by atoms with van der Waals surface area (Å²) in [6.45, 7) is 19.5. The predicted molar refractivity (Wildman–Crippen MR) is 522 cm³/mol. The van der Waals surface area contributed by atoms with E-state index < -0.39 is 5.97 Å². The third-order valence-electron chi connectivity index (χ3n) is 23.3. The highest BCUT2D eigenvalue weighted by molar-refractivity contribution is 9.11. The first-order chi connectivity index (χ1) is 63.0. The lowest BCUT2D eigenvalue weighted by atomic mass is 10.1. The van der Waals surface area contributed by atoms with Gasteiger partial charge in [-0.3, -0.25) is 73.4 Å². The number of benzene rings is 7. The number of hydrogen-bond donors (Lipinski definition) is 9. The molecular formula is C96H99Br3ClN19O12. The lowest BCUT2D eigenvalue weighted by Gasteiger charge is -2.27. The molecule has 0 unspecified atom stereocenters. The number of methoxy groups -OCH3 is 1. The monoisotopic (exact) mass is 1980 g/mol. The number of halogens is 4. The number of aliphatic carboxylic acids is 1. The van der Waals surface area contributed by atoms with E-state index in [1.807, 2.05) is 181 Å². The van der Waals surface area contributed by atoms with Crippen molar-refractivity contribution in [3.63, 3.8) is 0 Å². The minimum atomic E-state index is -0.813. The Labute approximate surface area is 779 Å². The van der Waals surface area contributed by atoms with Gasteiger partial charge >= 0.3 is 11.9 Å². The van der Waals surface area contributed by atoms with Crippen LogP contribution in [0.5, 0.6) is 0 Å². The van der Waals surface area contributed by atoms with Crippen molar-refractivity contribution in [2.24, 2.45) is 0 Å². The number of piperazine rings is 1. The number of aromatic nitrogens is 15. The second-order valence-corrected chi connectivity index (χ2v) is 35.6. The molecule has 0 atom stereocenters. The molecule has 18 rings (SSSR count). The Morgan fingerprint density at radius 1 is 0.397 bits per heavy atom. The first kappa shape index (κ1) is 94.1. The predicted octanol–water partition coefficient (Wildman–Crippen LogP) is 15.7. The Balaban J connectivity index is 0.000000132. The number of para-hydroxylation sites is 1. The van der Waals surface area contributed by atoms with Gasteiger partial charge < -0.3 is 53.5 Å². The maximum Gasteiger partial charge on any atom is 0.305 e. The number of aryl methyl sites for hydroxylation is 12. The topological polar surface area (TPSA) is 408 Å². The number of rotatable bonds is 24. The van der Waals surface area contributed by atoms with Crippen molar-refractivity contribution in [3.8, 4) is 0 Å². The van der Waals surface area contributed by atoms with Gasteiger partial charge in [-0.2, -0.15) is 25.5 Å². The molecule has 0 saturated carbocycles. The standard InChI is InChI=1S/C22H21ClN4O2.C22H22N4O2.C19H22BrN5O2.C17H18BrN3O3.C16H16BrN3O3/c1-13-3-5-15(6-4-13)12-24-19(28)9-10-27-18-8-7-16(23)11-17(18)21-20(22(27)29)14(2)25-26-21;1-14-7-9-16(10-8-14)13-23-19(27)11-12-26-18-6-4-3-5-17(18)21-20(22(26)28)15(2)24-25-21;1-12-17-18(23-22-12)14-11-13(20)4-5-15(14)25(19(17)27)8-2-3-16(26)24-9-6-21-7-10-24;1-10-15-16(20-19-10)12-9-11(18)6-7-13(12)21(17(15)23)8-4-3-5-14(22)24-2;1-9-14-15(19-18-9)11-8-10(17)5-6-12(11)20(16(14)23)7-3-2-4-13(21)22/h3-8,11H,9-10,12H2,1-2H3,(H,24,28)(H,25,26);3-10H,11-13H2,1-2H3,(H,23,27)(H,24,25);4-5,11,21H,2-3,6-10H2,1H3,(H,22,23);6-7,9H,3-5,8H2,1-2H3,(H,19,20);5-6,8H,2-4,7H2,1H3,(H,18,19)(H,21,22). The molecule has 1 aliphatic heterocycles. The Hall–Kier alpha value is -13.0. The highest BCUT2D eigenvalue weighted by atomic mass is 79.9. The van der Waals surface area contributed by atoms with Crippen LogP contribution in [0.3, 0.4) is 0 Å². The summed E-state index contributed by atoms with van der Waals surface area (Å²) in [7, 11) is 1.38. The van der Waals surface area contributed by atoms with Gasteiger partial charge in [0.1, 0.15) is 27.6 Å². The molecule has 1 aliphatic rings. The van der Waals surface area contributed by atoms with Gasteiger partial charge in [0.05, 0.1) is 61.6 Å². The normalized spacial score (nSPS) is 12.0. The lowest BCUT2D eigenvalue weighted by molar-refractivity contribution is -0.141. The number of carboxylic acids is 1. The van der Waals surface area contributed by atoms with Gasteiger partial charge in [0.2, 0.25) is 17.7 Å². The molecule has 0 radical (unpaired) electrons. The first-order valence-corrected chi connectivity index (χ1v) is 45.9. The van der Waals surface area contributed by atoms with E-state index in [0.717, 1.165) is 129 Å². The molecule has 678 valence electrons. The number of pyridine rings is 5. The maximum absolute atomic E-state index is 13.1. The average molecular weight is 1990 g/mol. The number of carbonyl (C=O) groups is 5. The van der Waals surface area contributed by atoms with Crippen LogP contribution >= 0.6 is 59.4 Å². The van der Waals surface area contributed by atoms with Crippen molar-refractivity contribution in [2.45, 2.75) is 158 Å². The van der Waals surface area contributed by atoms with E-state index in [0.29, 0.717) is 149 Å². The van der Waals surface area contributed by atoms with Crippen LogP contribution in [0.15, 0.2) is 183 Å². The second kappa shape index (κ2) is 42.3. The molecule has 35 heteroatoms. The largest absolute Gasteiger partial charge is 0.481 e. The SMILES string of the molecule is COC(=O)CCCCn1c(=O)c2c(C)[nH]nc2c2cc(Br)ccc21.Cc1[nH]nc2c1c(=O)n(CCCC(=O)N1CCNCC1)c1ccc(Br)cc21.Cc1[nH]nc2c1c(=O)n(CCCCC(=O)O)c1ccc(Br)cc21.Cc1ccc(CNC(=O)CCn2c(=O)c3c(C)[nH]nc3c3cc(Cl)ccc32)cc1.Cc1ccc(CNC(=O)CCn2c(=O)c3c(C)[nH]nc3c3ccccc32)cc1. The number of aromatic amines is 5. The molecule has 1 fully saturated rings. The Bertz CT molecular complexity index is 7550. The summed E-state index contributed by atoms with van der Waals surface area (Å²) in [4.78, 5) is 126. The van der Waals surface area contributed by atoms with E-state index in [2.05, 4.69) is 119 Å². The van der Waals surface area contributed by atoms with E-state index in [4.69, 9.17) is 16.7 Å². The van der Waals surface area contributed by atoms with E-state index in [9.17, 15) is 47.9 Å². The maximum atomic E-state index is 13.1. The number of unbranched alkanes of at least 4 members (excludes halogenated alkanes) is 2. The summed E-state index contributed by atoms with van der Waals surface area (Å²) in [5, 5.41) is 61.8. The number of carboxylic acid groups (broad SMARTS) is 1. The highest BCUT2D eigenvalue weighted by Crippen LogP contribution is 2.32. The van der Waals surface area contributed by atoms with E-state index in [-0.39, 0.29) is 77.3 Å². The molecule has 11 heterocycles. The number of esters is 1. The number of hydrogen-bond acceptors (Lipinski definition) is 17. The number of amides is 3. The summed E-state index contributed by atoms with van der Waals surface area (Å²) in [5.74, 6) is -1.06. The summed E-state index contributed by atoms with van der Waals surface area (Å²) in [5.41, 5.74) is 15.0. The minimum Gasteiger partial charge on any atom is -0.481 e. The fraction of sp³-hybridized carbons (Fsp3) is 0.302. The molecule has 7 aromatic carbocycles. The molecule has 0 bridgehead atoms. The van der Waals surface area contributed by atoms with Crippen LogP contribution in [0.25, 0.3) is 109 Å². The zero-order valence-electron chi connectivity index (χ0n) is 73.6. The van der Waals surface area contributed by atoms with Gasteiger partial charge in [0.15, 0.2) is 0 Å². The van der Waals surface area contributed by atoms with Crippen LogP contribution in [0.4, 0.5) is 0 Å². The number of carbonyl (C=O) groups excluding carboxylic acids is 4. The molecule has 31 nitrogen and oxygen atoms in total. The van der Waals surface area contributed by atoms with E-state index in [1.165, 1.54) is 18.2 Å². The quantitative estimate of drug-likeness (QED) is 0.0200. The van der Waals surface area contributed by atoms with Gasteiger partial charge in [-0.25, -0.2) is 0 Å². The number of nitrogens with one attached hydrogen (secondary N) is 8. The van der Waals surface area contributed by atoms with Crippen molar-refractivity contribution in [1.29, 1.82) is 0 Å². The molecule has 1 saturated heterocycles. The Morgan fingerprint density at radius 3 is 1.11 bits per heavy atom. The Kier molecular flexibility index (Phi) is 30.4.